The lowest BCUT2D eigenvalue weighted by Gasteiger charge is -2.27. The first kappa shape index (κ1) is 17.4. The Morgan fingerprint density at radius 1 is 1.07 bits per heavy atom. The summed E-state index contributed by atoms with van der Waals surface area (Å²) in [6.07, 6.45) is 2.57. The molecule has 2 aromatic carbocycles. The predicted octanol–water partition coefficient (Wildman–Crippen LogP) is 3.20. The first-order valence-corrected chi connectivity index (χ1v) is 9.16. The number of rotatable bonds is 4. The Labute approximate surface area is 158 Å². The van der Waals surface area contributed by atoms with E-state index in [0.29, 0.717) is 24.3 Å². The van der Waals surface area contributed by atoms with E-state index in [-0.39, 0.29) is 18.6 Å². The van der Waals surface area contributed by atoms with Crippen molar-refractivity contribution >= 4 is 17.5 Å². The number of hydrogen-bond donors (Lipinski definition) is 0. The molecule has 2 heterocycles. The average Bonchev–Trinajstić information content (AvgIpc) is 3.16. The van der Waals surface area contributed by atoms with Gasteiger partial charge in [-0.25, -0.2) is 0 Å². The van der Waals surface area contributed by atoms with Crippen LogP contribution in [0, 0.1) is 0 Å². The molecular formula is C21H22N2O4. The highest BCUT2D eigenvalue weighted by atomic mass is 16.7. The van der Waals surface area contributed by atoms with Crippen LogP contribution in [-0.4, -0.2) is 37.1 Å². The molecule has 6 nitrogen and oxygen atoms in total. The summed E-state index contributed by atoms with van der Waals surface area (Å²) in [6, 6.07) is 13.0. The molecule has 1 saturated heterocycles. The first-order valence-electron chi connectivity index (χ1n) is 9.16. The highest BCUT2D eigenvalue weighted by molar-refractivity contribution is 5.96. The van der Waals surface area contributed by atoms with Crippen molar-refractivity contribution in [2.75, 3.05) is 25.3 Å². The second-order valence-electron chi connectivity index (χ2n) is 6.90. The maximum atomic E-state index is 12.7. The predicted molar refractivity (Wildman–Crippen MR) is 101 cm³/mol. The zero-order valence-electron chi connectivity index (χ0n) is 15.3. The van der Waals surface area contributed by atoms with Gasteiger partial charge in [-0.1, -0.05) is 6.07 Å². The van der Waals surface area contributed by atoms with Crippen molar-refractivity contribution in [3.8, 4) is 11.5 Å². The van der Waals surface area contributed by atoms with Crippen molar-refractivity contribution in [2.24, 2.45) is 0 Å². The van der Waals surface area contributed by atoms with Crippen LogP contribution in [0.25, 0.3) is 0 Å². The van der Waals surface area contributed by atoms with Crippen LogP contribution in [0.15, 0.2) is 42.5 Å². The van der Waals surface area contributed by atoms with Gasteiger partial charge in [0.1, 0.15) is 0 Å². The van der Waals surface area contributed by atoms with E-state index >= 15 is 0 Å². The molecule has 6 heteroatoms. The van der Waals surface area contributed by atoms with Crippen LogP contribution in [0.2, 0.25) is 0 Å². The van der Waals surface area contributed by atoms with Gasteiger partial charge in [-0.05, 0) is 54.8 Å². The number of benzene rings is 2. The number of carbonyl (C=O) groups excluding carboxylic acids is 2. The first-order chi connectivity index (χ1) is 13.1. The van der Waals surface area contributed by atoms with Crippen molar-refractivity contribution in [2.45, 2.75) is 25.8 Å². The van der Waals surface area contributed by atoms with Gasteiger partial charge in [0, 0.05) is 37.8 Å². The maximum absolute atomic E-state index is 12.7. The minimum atomic E-state index is -0.0656. The van der Waals surface area contributed by atoms with Gasteiger partial charge in [-0.3, -0.25) is 9.59 Å². The minimum absolute atomic E-state index is 0.0656. The van der Waals surface area contributed by atoms with Crippen molar-refractivity contribution in [3.63, 3.8) is 0 Å². The molecule has 0 atom stereocenters. The molecule has 2 aromatic rings. The third kappa shape index (κ3) is 3.60. The summed E-state index contributed by atoms with van der Waals surface area (Å²) in [5.74, 6) is 1.53. The Morgan fingerprint density at radius 2 is 1.85 bits per heavy atom. The second-order valence-corrected chi connectivity index (χ2v) is 6.90. The number of fused-ring (bicyclic) bond motifs is 1. The molecule has 2 amide bonds. The molecule has 0 aromatic heterocycles. The molecule has 1 fully saturated rings. The molecule has 2 aliphatic rings. The summed E-state index contributed by atoms with van der Waals surface area (Å²) in [4.78, 5) is 28.2. The fourth-order valence-electron chi connectivity index (χ4n) is 3.47. The van der Waals surface area contributed by atoms with Crippen molar-refractivity contribution in [1.82, 2.24) is 4.90 Å². The highest BCUT2D eigenvalue weighted by Gasteiger charge is 2.20. The number of anilines is 1. The smallest absolute Gasteiger partial charge is 0.253 e. The average molecular weight is 366 g/mol. The lowest BCUT2D eigenvalue weighted by molar-refractivity contribution is -0.119. The number of amides is 2. The molecule has 0 saturated carbocycles. The van der Waals surface area contributed by atoms with Crippen molar-refractivity contribution in [3.05, 3.63) is 53.6 Å². The number of ether oxygens (including phenoxy) is 2. The molecule has 140 valence electrons. The van der Waals surface area contributed by atoms with Crippen LogP contribution < -0.4 is 14.4 Å². The van der Waals surface area contributed by atoms with Gasteiger partial charge in [0.2, 0.25) is 12.7 Å². The molecule has 0 unspecified atom stereocenters. The molecule has 0 radical (unpaired) electrons. The van der Waals surface area contributed by atoms with Crippen LogP contribution >= 0.6 is 0 Å². The van der Waals surface area contributed by atoms with Crippen LogP contribution in [0.1, 0.15) is 35.2 Å². The summed E-state index contributed by atoms with van der Waals surface area (Å²) in [6.45, 7) is 1.46. The van der Waals surface area contributed by atoms with Gasteiger partial charge in [-0.15, -0.1) is 0 Å². The summed E-state index contributed by atoms with van der Waals surface area (Å²) in [7, 11) is 1.77. The Bertz CT molecular complexity index is 863. The van der Waals surface area contributed by atoms with Gasteiger partial charge < -0.3 is 19.3 Å². The largest absolute Gasteiger partial charge is 0.454 e. The SMILES string of the molecule is CN(Cc1ccc2c(c1)OCO2)C(=O)c1ccc(N2CCCCC2=O)cc1. The minimum Gasteiger partial charge on any atom is -0.454 e. The molecular weight excluding hydrogens is 344 g/mol. The lowest BCUT2D eigenvalue weighted by atomic mass is 10.1. The molecule has 0 spiro atoms. The van der Waals surface area contributed by atoms with E-state index in [0.717, 1.165) is 36.4 Å². The fourth-order valence-corrected chi connectivity index (χ4v) is 3.47. The summed E-state index contributed by atoms with van der Waals surface area (Å²) >= 11 is 0. The van der Waals surface area contributed by atoms with Gasteiger partial charge in [0.25, 0.3) is 5.91 Å². The third-order valence-electron chi connectivity index (χ3n) is 4.95. The second kappa shape index (κ2) is 7.31. The summed E-state index contributed by atoms with van der Waals surface area (Å²) in [5, 5.41) is 0. The molecule has 0 aliphatic carbocycles. The van der Waals surface area contributed by atoms with Crippen LogP contribution in [-0.2, 0) is 11.3 Å². The number of piperidine rings is 1. The lowest BCUT2D eigenvalue weighted by Crippen LogP contribution is -2.35. The van der Waals surface area contributed by atoms with E-state index in [1.807, 2.05) is 30.3 Å². The van der Waals surface area contributed by atoms with E-state index in [4.69, 9.17) is 9.47 Å². The quantitative estimate of drug-likeness (QED) is 0.834. The van der Waals surface area contributed by atoms with Gasteiger partial charge in [-0.2, -0.15) is 0 Å². The van der Waals surface area contributed by atoms with E-state index in [2.05, 4.69) is 0 Å². The topological polar surface area (TPSA) is 59.1 Å². The summed E-state index contributed by atoms with van der Waals surface area (Å²) < 4.78 is 10.7. The van der Waals surface area contributed by atoms with E-state index in [1.54, 1.807) is 29.0 Å². The number of carbonyl (C=O) groups is 2. The fraction of sp³-hybridized carbons (Fsp3) is 0.333. The van der Waals surface area contributed by atoms with E-state index in [1.165, 1.54) is 0 Å². The Morgan fingerprint density at radius 3 is 2.63 bits per heavy atom. The zero-order valence-corrected chi connectivity index (χ0v) is 15.3. The Hall–Kier alpha value is -3.02. The number of hydrogen-bond acceptors (Lipinski definition) is 4. The van der Waals surface area contributed by atoms with Crippen LogP contribution in [0.3, 0.4) is 0 Å². The zero-order chi connectivity index (χ0) is 18.8. The van der Waals surface area contributed by atoms with Crippen molar-refractivity contribution in [1.29, 1.82) is 0 Å². The molecule has 4 rings (SSSR count). The van der Waals surface area contributed by atoms with Crippen molar-refractivity contribution < 1.29 is 19.1 Å². The third-order valence-corrected chi connectivity index (χ3v) is 4.95. The van der Waals surface area contributed by atoms with Gasteiger partial charge >= 0.3 is 0 Å². The van der Waals surface area contributed by atoms with E-state index in [9.17, 15) is 9.59 Å². The standard InChI is InChI=1S/C21H22N2O4/c1-22(13-15-5-10-18-19(12-15)27-14-26-18)21(25)16-6-8-17(9-7-16)23-11-3-2-4-20(23)24/h5-10,12H,2-4,11,13-14H2,1H3. The van der Waals surface area contributed by atoms with Gasteiger partial charge in [0.05, 0.1) is 0 Å². The Balaban J connectivity index is 1.43. The molecule has 0 bridgehead atoms. The van der Waals surface area contributed by atoms with Crippen LogP contribution in [0.5, 0.6) is 11.5 Å². The van der Waals surface area contributed by atoms with E-state index < -0.39 is 0 Å². The molecule has 0 N–H and O–H groups in total. The monoisotopic (exact) mass is 366 g/mol. The maximum Gasteiger partial charge on any atom is 0.253 e. The number of nitrogens with zero attached hydrogens (tertiary/aromatic N) is 2. The van der Waals surface area contributed by atoms with Gasteiger partial charge in [0.15, 0.2) is 11.5 Å². The summed E-state index contributed by atoms with van der Waals surface area (Å²) in [5.41, 5.74) is 2.44. The van der Waals surface area contributed by atoms with Crippen LogP contribution in [0.4, 0.5) is 5.69 Å². The highest BCUT2D eigenvalue weighted by Crippen LogP contribution is 2.32. The molecule has 27 heavy (non-hydrogen) atoms. The Kier molecular flexibility index (Phi) is 4.71. The normalized spacial score (nSPS) is 15.7. The molecule has 2 aliphatic heterocycles.